The standard InChI is InChI=1S/C45H50N4O5/c1-3-39(32-10-6-4-7-11-32)43(33-12-17-37(50)18-13-33)34-14-19-38(20-15-34)54-29-9-5-8-24-47-25-27-48(28-26-47)36-16-21-40-35(30-36)31-49(44(40)52)41-22-23-42(51)46(2)45(41)53/h4,6-7,10-21,30,41,50H,3,5,8-9,22-29,31H2,1-2H3. The molecule has 9 nitrogen and oxygen atoms in total. The number of unbranched alkanes of at least 4 members (excludes halogenated alkanes) is 2. The molecule has 0 spiro atoms. The topological polar surface area (TPSA) is 93.6 Å². The Kier molecular flexibility index (Phi) is 11.4. The number of amides is 3. The Balaban J connectivity index is 0.854. The third-order valence-electron chi connectivity index (χ3n) is 11.1. The van der Waals surface area contributed by atoms with Gasteiger partial charge in [-0.2, -0.15) is 0 Å². The SMILES string of the molecule is CCC(=C(c1ccc(O)cc1)c1ccc(OCCCCCN2CCN(c3ccc4c(c3)CN(C3CCC(=O)N(C)C3=O)C4=O)CC2)cc1)c1ccccc1. The normalized spacial score (nSPS) is 18.2. The van der Waals surface area contributed by atoms with Crippen LogP contribution in [-0.4, -0.2) is 89.9 Å². The van der Waals surface area contributed by atoms with Gasteiger partial charge in [-0.15, -0.1) is 0 Å². The number of nitrogens with zero attached hydrogens (tertiary/aromatic N) is 4. The van der Waals surface area contributed by atoms with Gasteiger partial charge in [0.15, 0.2) is 0 Å². The smallest absolute Gasteiger partial charge is 0.255 e. The fourth-order valence-electron chi connectivity index (χ4n) is 8.02. The average Bonchev–Trinajstić information content (AvgIpc) is 3.53. The number of rotatable bonds is 13. The lowest BCUT2D eigenvalue weighted by Crippen LogP contribution is -2.53. The quantitative estimate of drug-likeness (QED) is 0.0883. The van der Waals surface area contributed by atoms with Crippen molar-refractivity contribution in [1.29, 1.82) is 0 Å². The van der Waals surface area contributed by atoms with Crippen LogP contribution in [0.1, 0.15) is 78.1 Å². The van der Waals surface area contributed by atoms with Crippen LogP contribution in [-0.2, 0) is 16.1 Å². The molecule has 0 saturated carbocycles. The number of phenols is 1. The van der Waals surface area contributed by atoms with Crippen LogP contribution >= 0.6 is 0 Å². The summed E-state index contributed by atoms with van der Waals surface area (Å²) in [6.07, 6.45) is 4.77. The van der Waals surface area contributed by atoms with E-state index in [2.05, 4.69) is 71.3 Å². The second kappa shape index (κ2) is 16.7. The summed E-state index contributed by atoms with van der Waals surface area (Å²) in [6, 6.07) is 31.8. The molecule has 0 radical (unpaired) electrons. The number of aromatic hydroxyl groups is 1. The van der Waals surface area contributed by atoms with Gasteiger partial charge < -0.3 is 19.6 Å². The minimum absolute atomic E-state index is 0.121. The van der Waals surface area contributed by atoms with Gasteiger partial charge in [0.2, 0.25) is 5.91 Å². The molecule has 2 saturated heterocycles. The molecule has 0 bridgehead atoms. The minimum atomic E-state index is -0.577. The highest BCUT2D eigenvalue weighted by Crippen LogP contribution is 2.36. The Morgan fingerprint density at radius 1 is 0.796 bits per heavy atom. The first kappa shape index (κ1) is 36.9. The molecule has 9 heteroatoms. The lowest BCUT2D eigenvalue weighted by atomic mass is 9.88. The molecule has 2 fully saturated rings. The van der Waals surface area contributed by atoms with Crippen molar-refractivity contribution in [3.8, 4) is 11.5 Å². The summed E-state index contributed by atoms with van der Waals surface area (Å²) < 4.78 is 6.16. The summed E-state index contributed by atoms with van der Waals surface area (Å²) >= 11 is 0. The molecule has 1 N–H and O–H groups in total. The zero-order valence-electron chi connectivity index (χ0n) is 31.4. The van der Waals surface area contributed by atoms with Crippen LogP contribution < -0.4 is 9.64 Å². The number of fused-ring (bicyclic) bond motifs is 1. The van der Waals surface area contributed by atoms with Crippen LogP contribution in [0.2, 0.25) is 0 Å². The number of piperazine rings is 1. The van der Waals surface area contributed by atoms with Crippen molar-refractivity contribution < 1.29 is 24.2 Å². The predicted molar refractivity (Wildman–Crippen MR) is 212 cm³/mol. The van der Waals surface area contributed by atoms with Gasteiger partial charge in [0.1, 0.15) is 17.5 Å². The highest BCUT2D eigenvalue weighted by Gasteiger charge is 2.41. The molecule has 3 amide bonds. The van der Waals surface area contributed by atoms with E-state index in [1.807, 2.05) is 30.3 Å². The van der Waals surface area contributed by atoms with Crippen LogP contribution in [0.25, 0.3) is 11.1 Å². The predicted octanol–water partition coefficient (Wildman–Crippen LogP) is 7.24. The van der Waals surface area contributed by atoms with Crippen molar-refractivity contribution in [2.24, 2.45) is 0 Å². The number of allylic oxidation sites excluding steroid dienone is 1. The Labute approximate surface area is 318 Å². The number of carbonyl (C=O) groups excluding carboxylic acids is 3. The first-order chi connectivity index (χ1) is 26.3. The summed E-state index contributed by atoms with van der Waals surface area (Å²) in [5.41, 5.74) is 8.53. The van der Waals surface area contributed by atoms with Gasteiger partial charge in [-0.05, 0) is 115 Å². The Bertz CT molecular complexity index is 1980. The fourth-order valence-corrected chi connectivity index (χ4v) is 8.02. The Hall–Kier alpha value is -5.41. The highest BCUT2D eigenvalue weighted by atomic mass is 16.5. The Morgan fingerprint density at radius 2 is 1.50 bits per heavy atom. The molecule has 280 valence electrons. The lowest BCUT2D eigenvalue weighted by molar-refractivity contribution is -0.150. The van der Waals surface area contributed by atoms with Crippen molar-refractivity contribution in [2.75, 3.05) is 51.3 Å². The van der Waals surface area contributed by atoms with Crippen molar-refractivity contribution >= 4 is 34.6 Å². The van der Waals surface area contributed by atoms with Crippen LogP contribution in [0, 0.1) is 0 Å². The van der Waals surface area contributed by atoms with E-state index in [0.29, 0.717) is 25.1 Å². The number of piperidine rings is 1. The first-order valence-electron chi connectivity index (χ1n) is 19.3. The average molecular weight is 727 g/mol. The molecule has 0 aliphatic carbocycles. The van der Waals surface area contributed by atoms with Gasteiger partial charge in [-0.3, -0.25) is 24.2 Å². The summed E-state index contributed by atoms with van der Waals surface area (Å²) in [6.45, 7) is 8.18. The molecular formula is C45H50N4O5. The maximum Gasteiger partial charge on any atom is 0.255 e. The number of hydrogen-bond donors (Lipinski definition) is 1. The minimum Gasteiger partial charge on any atom is -0.508 e. The molecule has 3 heterocycles. The van der Waals surface area contributed by atoms with E-state index in [9.17, 15) is 19.5 Å². The number of ether oxygens (including phenoxy) is 1. The van der Waals surface area contributed by atoms with Gasteiger partial charge in [-0.1, -0.05) is 61.5 Å². The number of phenolic OH excluding ortho intramolecular Hbond substituents is 1. The number of imide groups is 1. The molecule has 0 aromatic heterocycles. The molecule has 54 heavy (non-hydrogen) atoms. The van der Waals surface area contributed by atoms with E-state index >= 15 is 0 Å². The highest BCUT2D eigenvalue weighted by molar-refractivity contribution is 6.05. The Morgan fingerprint density at radius 3 is 2.20 bits per heavy atom. The monoisotopic (exact) mass is 726 g/mol. The van der Waals surface area contributed by atoms with E-state index in [-0.39, 0.29) is 29.9 Å². The summed E-state index contributed by atoms with van der Waals surface area (Å²) in [5, 5.41) is 9.93. The maximum absolute atomic E-state index is 13.2. The number of likely N-dealkylation sites (N-methyl/N-ethyl adjacent to an activating group) is 1. The summed E-state index contributed by atoms with van der Waals surface area (Å²) in [5.74, 6) is 0.528. The van der Waals surface area contributed by atoms with Gasteiger partial charge in [0, 0.05) is 57.4 Å². The second-order valence-electron chi connectivity index (χ2n) is 14.5. The van der Waals surface area contributed by atoms with Gasteiger partial charge >= 0.3 is 0 Å². The van der Waals surface area contributed by atoms with E-state index in [1.165, 1.54) is 18.2 Å². The molecule has 1 unspecified atom stereocenters. The van der Waals surface area contributed by atoms with Crippen LogP contribution in [0.3, 0.4) is 0 Å². The van der Waals surface area contributed by atoms with E-state index in [4.69, 9.17) is 4.74 Å². The zero-order valence-corrected chi connectivity index (χ0v) is 31.4. The molecule has 4 aromatic carbocycles. The third-order valence-corrected chi connectivity index (χ3v) is 11.1. The third kappa shape index (κ3) is 8.06. The number of benzene rings is 4. The van der Waals surface area contributed by atoms with E-state index < -0.39 is 6.04 Å². The van der Waals surface area contributed by atoms with Gasteiger partial charge in [-0.25, -0.2) is 0 Å². The van der Waals surface area contributed by atoms with E-state index in [0.717, 1.165) is 97.0 Å². The van der Waals surface area contributed by atoms with Crippen molar-refractivity contribution in [3.05, 3.63) is 125 Å². The number of carbonyl (C=O) groups is 3. The second-order valence-corrected chi connectivity index (χ2v) is 14.5. The first-order valence-corrected chi connectivity index (χ1v) is 19.3. The molecular weight excluding hydrogens is 677 g/mol. The summed E-state index contributed by atoms with van der Waals surface area (Å²) in [7, 11) is 1.50. The summed E-state index contributed by atoms with van der Waals surface area (Å²) in [4.78, 5) is 45.6. The molecule has 1 atom stereocenters. The number of hydrogen-bond acceptors (Lipinski definition) is 7. The lowest BCUT2D eigenvalue weighted by Gasteiger charge is -2.36. The number of anilines is 1. The molecule has 7 rings (SSSR count). The largest absolute Gasteiger partial charge is 0.508 e. The zero-order chi connectivity index (χ0) is 37.6. The number of likely N-dealkylation sites (tertiary alicyclic amines) is 1. The molecule has 4 aromatic rings. The molecule has 3 aliphatic heterocycles. The van der Waals surface area contributed by atoms with Crippen LogP contribution in [0.4, 0.5) is 5.69 Å². The van der Waals surface area contributed by atoms with Crippen molar-refractivity contribution in [1.82, 2.24) is 14.7 Å². The maximum atomic E-state index is 13.2. The van der Waals surface area contributed by atoms with Gasteiger partial charge in [0.25, 0.3) is 11.8 Å². The fraction of sp³-hybridized carbons (Fsp3) is 0.356. The van der Waals surface area contributed by atoms with Crippen molar-refractivity contribution in [2.45, 2.75) is 58.0 Å². The molecule has 3 aliphatic rings. The van der Waals surface area contributed by atoms with E-state index in [1.54, 1.807) is 17.0 Å². The van der Waals surface area contributed by atoms with Gasteiger partial charge in [0.05, 0.1) is 6.61 Å². The van der Waals surface area contributed by atoms with Crippen molar-refractivity contribution in [3.63, 3.8) is 0 Å². The van der Waals surface area contributed by atoms with Crippen LogP contribution in [0.5, 0.6) is 11.5 Å². The van der Waals surface area contributed by atoms with Crippen LogP contribution in [0.15, 0.2) is 97.1 Å².